The molecule has 1 N–H and O–H groups in total. The van der Waals surface area contributed by atoms with Crippen LogP contribution in [-0.2, 0) is 4.74 Å². The van der Waals surface area contributed by atoms with Crippen LogP contribution >= 0.6 is 0 Å². The van der Waals surface area contributed by atoms with E-state index in [4.69, 9.17) is 4.74 Å². The normalized spacial score (nSPS) is 21.8. The highest BCUT2D eigenvalue weighted by Gasteiger charge is 2.42. The molecule has 104 valence electrons. The third-order valence-corrected chi connectivity index (χ3v) is 3.05. The smallest absolute Gasteiger partial charge is 0.407 e. The number of rotatable bonds is 1. The van der Waals surface area contributed by atoms with Crippen molar-refractivity contribution in [2.45, 2.75) is 19.9 Å². The molecular weight excluding hydrogens is 266 g/mol. The Labute approximate surface area is 106 Å². The molecule has 0 bridgehead atoms. The van der Waals surface area contributed by atoms with Crippen molar-refractivity contribution in [3.05, 3.63) is 34.9 Å². The molecule has 1 aromatic rings. The monoisotopic (exact) mass is 277 g/mol. The molecule has 0 spiro atoms. The van der Waals surface area contributed by atoms with Gasteiger partial charge in [-0.1, -0.05) is 13.8 Å². The summed E-state index contributed by atoms with van der Waals surface area (Å²) in [7, 11) is 0. The lowest BCUT2D eigenvalue weighted by molar-refractivity contribution is 0.0362. The van der Waals surface area contributed by atoms with Crippen LogP contribution in [0.3, 0.4) is 0 Å². The number of nitrogens with one attached hydrogen (secondary N) is 1. The number of hydrogen-bond donors (Lipinski definition) is 1. The van der Waals surface area contributed by atoms with Crippen LogP contribution in [0.2, 0.25) is 0 Å². The van der Waals surface area contributed by atoms with Gasteiger partial charge in [0.1, 0.15) is 6.61 Å². The predicted molar refractivity (Wildman–Crippen MR) is 57.3 cm³/mol. The summed E-state index contributed by atoms with van der Waals surface area (Å²) in [4.78, 5) is 11.2. The Morgan fingerprint density at radius 1 is 1.21 bits per heavy atom. The topological polar surface area (TPSA) is 38.3 Å². The number of ether oxygens (including phenoxy) is 1. The first-order valence-corrected chi connectivity index (χ1v) is 5.50. The average molecular weight is 277 g/mol. The lowest BCUT2D eigenvalue weighted by atomic mass is 9.80. The van der Waals surface area contributed by atoms with Crippen LogP contribution in [0.15, 0.2) is 6.07 Å². The Bertz CT molecular complexity index is 519. The van der Waals surface area contributed by atoms with E-state index in [1.807, 2.05) is 0 Å². The van der Waals surface area contributed by atoms with Gasteiger partial charge in [0.2, 0.25) is 0 Å². The first-order valence-electron chi connectivity index (χ1n) is 5.50. The average Bonchev–Trinajstić information content (AvgIpc) is 2.32. The molecule has 3 nitrogen and oxygen atoms in total. The molecule has 1 atom stereocenters. The molecule has 0 radical (unpaired) electrons. The van der Waals surface area contributed by atoms with Crippen molar-refractivity contribution in [2.24, 2.45) is 5.41 Å². The molecule has 7 heteroatoms. The number of cyclic esters (lactones) is 1. The van der Waals surface area contributed by atoms with Gasteiger partial charge in [-0.3, -0.25) is 0 Å². The quantitative estimate of drug-likeness (QED) is 0.633. The summed E-state index contributed by atoms with van der Waals surface area (Å²) in [6.45, 7) is 2.98. The second-order valence-corrected chi connectivity index (χ2v) is 5.02. The van der Waals surface area contributed by atoms with E-state index in [9.17, 15) is 22.4 Å². The second-order valence-electron chi connectivity index (χ2n) is 5.02. The van der Waals surface area contributed by atoms with Crippen molar-refractivity contribution < 1.29 is 27.1 Å². The van der Waals surface area contributed by atoms with Crippen molar-refractivity contribution in [1.82, 2.24) is 5.32 Å². The van der Waals surface area contributed by atoms with Crippen LogP contribution < -0.4 is 5.32 Å². The summed E-state index contributed by atoms with van der Waals surface area (Å²) in [5, 5.41) is 2.18. The molecule has 0 aliphatic carbocycles. The maximum atomic E-state index is 13.7. The molecule has 1 aliphatic heterocycles. The van der Waals surface area contributed by atoms with E-state index in [-0.39, 0.29) is 12.7 Å². The number of carbonyl (C=O) groups excluding carboxylic acids is 1. The number of benzene rings is 1. The summed E-state index contributed by atoms with van der Waals surface area (Å²) in [5.74, 6) is -6.05. The molecule has 0 aromatic heterocycles. The van der Waals surface area contributed by atoms with Gasteiger partial charge in [-0.25, -0.2) is 22.4 Å². The highest BCUT2D eigenvalue weighted by Crippen LogP contribution is 2.39. The van der Waals surface area contributed by atoms with E-state index in [1.165, 1.54) is 0 Å². The highest BCUT2D eigenvalue weighted by atomic mass is 19.2. The Morgan fingerprint density at radius 3 is 2.26 bits per heavy atom. The maximum Gasteiger partial charge on any atom is 0.407 e. The van der Waals surface area contributed by atoms with Gasteiger partial charge in [0.05, 0.1) is 11.6 Å². The fourth-order valence-corrected chi connectivity index (χ4v) is 2.00. The van der Waals surface area contributed by atoms with E-state index in [1.54, 1.807) is 13.8 Å². The fraction of sp³-hybridized carbons (Fsp3) is 0.417. The van der Waals surface area contributed by atoms with Gasteiger partial charge >= 0.3 is 6.09 Å². The predicted octanol–water partition coefficient (Wildman–Crippen LogP) is 3.05. The molecule has 1 fully saturated rings. The van der Waals surface area contributed by atoms with Gasteiger partial charge in [0.15, 0.2) is 23.3 Å². The molecule has 1 aliphatic rings. The van der Waals surface area contributed by atoms with Crippen LogP contribution in [0.1, 0.15) is 25.5 Å². The minimum absolute atomic E-state index is 0.124. The zero-order valence-electron chi connectivity index (χ0n) is 10.2. The molecule has 1 amide bonds. The molecular formula is C12H11F4NO2. The number of alkyl carbamates (subject to hydrolysis) is 1. The van der Waals surface area contributed by atoms with Crippen molar-refractivity contribution in [2.75, 3.05) is 6.61 Å². The van der Waals surface area contributed by atoms with Crippen LogP contribution in [0.5, 0.6) is 0 Å². The maximum absolute atomic E-state index is 13.7. The molecule has 1 aromatic carbocycles. The van der Waals surface area contributed by atoms with Gasteiger partial charge in [0, 0.05) is 11.5 Å². The summed E-state index contributed by atoms with van der Waals surface area (Å²) < 4.78 is 58.5. The van der Waals surface area contributed by atoms with Crippen LogP contribution in [0, 0.1) is 28.7 Å². The van der Waals surface area contributed by atoms with E-state index in [2.05, 4.69) is 5.32 Å². The number of carbonyl (C=O) groups is 1. The van der Waals surface area contributed by atoms with Gasteiger partial charge in [-0.15, -0.1) is 0 Å². The van der Waals surface area contributed by atoms with Gasteiger partial charge in [-0.05, 0) is 0 Å². The SMILES string of the molecule is CC1(C)COC(=O)N[C@H]1c1c(F)c(F)cc(F)c1F. The third-order valence-electron chi connectivity index (χ3n) is 3.05. The second kappa shape index (κ2) is 4.40. The largest absolute Gasteiger partial charge is 0.449 e. The molecule has 2 rings (SSSR count). The Morgan fingerprint density at radius 2 is 1.74 bits per heavy atom. The first-order chi connectivity index (χ1) is 8.74. The van der Waals surface area contributed by atoms with Crippen molar-refractivity contribution >= 4 is 6.09 Å². The zero-order chi connectivity index (χ0) is 14.4. The third kappa shape index (κ3) is 2.24. The number of hydrogen-bond acceptors (Lipinski definition) is 2. The van der Waals surface area contributed by atoms with Crippen molar-refractivity contribution in [1.29, 1.82) is 0 Å². The Hall–Kier alpha value is -1.79. The van der Waals surface area contributed by atoms with E-state index in [0.29, 0.717) is 0 Å². The van der Waals surface area contributed by atoms with Gasteiger partial charge in [0.25, 0.3) is 0 Å². The Kier molecular flexibility index (Phi) is 3.15. The van der Waals surface area contributed by atoms with E-state index < -0.39 is 46.4 Å². The standard InChI is InChI=1S/C12H11F4NO2/c1-12(2)4-19-11(18)17-10(12)7-8(15)5(13)3-6(14)9(7)16/h3,10H,4H2,1-2H3,(H,17,18)/t10-/m0/s1. The number of amides is 1. The minimum atomic E-state index is -1.51. The molecule has 0 saturated carbocycles. The van der Waals surface area contributed by atoms with Crippen LogP contribution in [0.4, 0.5) is 22.4 Å². The van der Waals surface area contributed by atoms with Crippen LogP contribution in [-0.4, -0.2) is 12.7 Å². The minimum Gasteiger partial charge on any atom is -0.449 e. The number of halogens is 4. The van der Waals surface area contributed by atoms with Crippen molar-refractivity contribution in [3.8, 4) is 0 Å². The summed E-state index contributed by atoms with van der Waals surface area (Å²) in [5.41, 5.74) is -1.75. The van der Waals surface area contributed by atoms with Crippen LogP contribution in [0.25, 0.3) is 0 Å². The summed E-state index contributed by atoms with van der Waals surface area (Å²) in [6.07, 6.45) is -0.896. The molecule has 0 unspecified atom stereocenters. The molecule has 19 heavy (non-hydrogen) atoms. The summed E-state index contributed by atoms with van der Waals surface area (Å²) in [6, 6.07) is -1.10. The van der Waals surface area contributed by atoms with Gasteiger partial charge in [-0.2, -0.15) is 0 Å². The summed E-state index contributed by atoms with van der Waals surface area (Å²) >= 11 is 0. The molecule has 1 saturated heterocycles. The highest BCUT2D eigenvalue weighted by molar-refractivity contribution is 5.69. The van der Waals surface area contributed by atoms with Crippen molar-refractivity contribution in [3.63, 3.8) is 0 Å². The molecule has 1 heterocycles. The first kappa shape index (κ1) is 13.6. The lowest BCUT2D eigenvalue weighted by Gasteiger charge is -2.38. The lowest BCUT2D eigenvalue weighted by Crippen LogP contribution is -2.47. The zero-order valence-corrected chi connectivity index (χ0v) is 10.2. The van der Waals surface area contributed by atoms with Gasteiger partial charge < -0.3 is 10.1 Å². The fourth-order valence-electron chi connectivity index (χ4n) is 2.00. The van der Waals surface area contributed by atoms with E-state index in [0.717, 1.165) is 0 Å². The Balaban J connectivity index is 2.59. The van der Waals surface area contributed by atoms with E-state index >= 15 is 0 Å².